The zero-order valence-corrected chi connectivity index (χ0v) is 11.9. The molecule has 0 aliphatic heterocycles. The molecular weight excluding hydrogens is 292 g/mol. The van der Waals surface area contributed by atoms with E-state index in [-0.39, 0.29) is 11.8 Å². The number of aryl methyl sites for hydroxylation is 1. The van der Waals surface area contributed by atoms with E-state index >= 15 is 0 Å². The van der Waals surface area contributed by atoms with Crippen molar-refractivity contribution in [2.75, 3.05) is 5.32 Å². The number of hydrogen-bond acceptors (Lipinski definition) is 3. The SMILES string of the molecule is Cc1cc(NC(C)c2ccc(O)cc2)cnc1Br. The van der Waals surface area contributed by atoms with E-state index in [1.165, 1.54) is 0 Å². The molecule has 18 heavy (non-hydrogen) atoms. The summed E-state index contributed by atoms with van der Waals surface area (Å²) in [5, 5.41) is 12.6. The Bertz CT molecular complexity index is 540. The first kappa shape index (κ1) is 12.9. The number of hydrogen-bond donors (Lipinski definition) is 2. The highest BCUT2D eigenvalue weighted by atomic mass is 79.9. The zero-order chi connectivity index (χ0) is 13.1. The first-order valence-corrected chi connectivity index (χ1v) is 6.53. The summed E-state index contributed by atoms with van der Waals surface area (Å²) in [4.78, 5) is 4.25. The first-order chi connectivity index (χ1) is 8.56. The van der Waals surface area contributed by atoms with Gasteiger partial charge in [-0.15, -0.1) is 0 Å². The summed E-state index contributed by atoms with van der Waals surface area (Å²) in [6, 6.07) is 9.41. The fourth-order valence-electron chi connectivity index (χ4n) is 1.73. The van der Waals surface area contributed by atoms with Gasteiger partial charge in [-0.05, 0) is 59.1 Å². The van der Waals surface area contributed by atoms with Gasteiger partial charge in [0.2, 0.25) is 0 Å². The van der Waals surface area contributed by atoms with Gasteiger partial charge in [0.1, 0.15) is 10.4 Å². The molecule has 94 valence electrons. The van der Waals surface area contributed by atoms with Crippen molar-refractivity contribution in [2.24, 2.45) is 0 Å². The van der Waals surface area contributed by atoms with Gasteiger partial charge in [-0.3, -0.25) is 0 Å². The van der Waals surface area contributed by atoms with Crippen LogP contribution in [0.15, 0.2) is 41.1 Å². The molecule has 0 spiro atoms. The van der Waals surface area contributed by atoms with Crippen molar-refractivity contribution in [3.8, 4) is 5.75 Å². The Hall–Kier alpha value is -1.55. The minimum Gasteiger partial charge on any atom is -0.508 e. The Labute approximate surface area is 115 Å². The van der Waals surface area contributed by atoms with Crippen LogP contribution in [0.25, 0.3) is 0 Å². The molecule has 2 N–H and O–H groups in total. The number of anilines is 1. The molecule has 1 aromatic heterocycles. The zero-order valence-electron chi connectivity index (χ0n) is 10.3. The molecule has 1 heterocycles. The summed E-state index contributed by atoms with van der Waals surface area (Å²) in [5.74, 6) is 0.284. The Morgan fingerprint density at radius 1 is 1.28 bits per heavy atom. The fourth-order valence-corrected chi connectivity index (χ4v) is 1.95. The van der Waals surface area contributed by atoms with Crippen molar-refractivity contribution >= 4 is 21.6 Å². The van der Waals surface area contributed by atoms with Crippen LogP contribution in [0.2, 0.25) is 0 Å². The highest BCUT2D eigenvalue weighted by Crippen LogP contribution is 2.23. The molecule has 4 heteroatoms. The summed E-state index contributed by atoms with van der Waals surface area (Å²) in [7, 11) is 0. The second-order valence-corrected chi connectivity index (χ2v) is 5.04. The lowest BCUT2D eigenvalue weighted by Crippen LogP contribution is -2.06. The lowest BCUT2D eigenvalue weighted by Gasteiger charge is -2.16. The van der Waals surface area contributed by atoms with Gasteiger partial charge in [-0.2, -0.15) is 0 Å². The number of nitrogens with one attached hydrogen (secondary N) is 1. The molecule has 1 unspecified atom stereocenters. The quantitative estimate of drug-likeness (QED) is 0.842. The molecule has 3 nitrogen and oxygen atoms in total. The van der Waals surface area contributed by atoms with E-state index in [1.807, 2.05) is 25.1 Å². The van der Waals surface area contributed by atoms with Gasteiger partial charge in [-0.25, -0.2) is 4.98 Å². The molecule has 0 amide bonds. The third-order valence-corrected chi connectivity index (χ3v) is 3.62. The molecule has 0 saturated carbocycles. The number of phenolic OH excluding ortho intramolecular Hbond substituents is 1. The van der Waals surface area contributed by atoms with Crippen LogP contribution in [0.3, 0.4) is 0 Å². The number of pyridine rings is 1. The number of benzene rings is 1. The van der Waals surface area contributed by atoms with Gasteiger partial charge < -0.3 is 10.4 Å². The third-order valence-electron chi connectivity index (χ3n) is 2.79. The van der Waals surface area contributed by atoms with Crippen molar-refractivity contribution in [3.05, 3.63) is 52.3 Å². The second-order valence-electron chi connectivity index (χ2n) is 4.29. The number of phenols is 1. The molecule has 2 aromatic rings. The van der Waals surface area contributed by atoms with Gasteiger partial charge in [0, 0.05) is 6.04 Å². The third kappa shape index (κ3) is 3.01. The van der Waals surface area contributed by atoms with Crippen LogP contribution in [0.4, 0.5) is 5.69 Å². The summed E-state index contributed by atoms with van der Waals surface area (Å²) in [6.07, 6.45) is 1.80. The number of nitrogens with zero attached hydrogens (tertiary/aromatic N) is 1. The van der Waals surface area contributed by atoms with E-state index < -0.39 is 0 Å². The minimum absolute atomic E-state index is 0.160. The lowest BCUT2D eigenvalue weighted by atomic mass is 10.1. The maximum atomic E-state index is 9.26. The maximum absolute atomic E-state index is 9.26. The van der Waals surface area contributed by atoms with Gasteiger partial charge in [0.25, 0.3) is 0 Å². The van der Waals surface area contributed by atoms with E-state index in [2.05, 4.69) is 33.2 Å². The molecule has 0 bridgehead atoms. The number of rotatable bonds is 3. The van der Waals surface area contributed by atoms with E-state index in [0.717, 1.165) is 21.4 Å². The molecule has 2 rings (SSSR count). The molecule has 0 fully saturated rings. The van der Waals surface area contributed by atoms with Crippen molar-refractivity contribution in [3.63, 3.8) is 0 Å². The van der Waals surface area contributed by atoms with Crippen LogP contribution in [-0.4, -0.2) is 10.1 Å². The van der Waals surface area contributed by atoms with Crippen LogP contribution in [0.5, 0.6) is 5.75 Å². The Morgan fingerprint density at radius 3 is 2.56 bits per heavy atom. The predicted molar refractivity (Wildman–Crippen MR) is 76.8 cm³/mol. The standard InChI is InChI=1S/C14H15BrN2O/c1-9-7-12(8-16-14(9)15)17-10(2)11-3-5-13(18)6-4-11/h3-8,10,17-18H,1-2H3. The van der Waals surface area contributed by atoms with Gasteiger partial charge in [0.15, 0.2) is 0 Å². The highest BCUT2D eigenvalue weighted by Gasteiger charge is 2.06. The predicted octanol–water partition coefficient (Wildman–Crippen LogP) is 4.03. The molecule has 0 aliphatic rings. The summed E-state index contributed by atoms with van der Waals surface area (Å²) >= 11 is 3.38. The highest BCUT2D eigenvalue weighted by molar-refractivity contribution is 9.10. The largest absolute Gasteiger partial charge is 0.508 e. The summed E-state index contributed by atoms with van der Waals surface area (Å²) in [5.41, 5.74) is 3.20. The van der Waals surface area contributed by atoms with Crippen LogP contribution in [-0.2, 0) is 0 Å². The van der Waals surface area contributed by atoms with Gasteiger partial charge >= 0.3 is 0 Å². The molecular formula is C14H15BrN2O. The van der Waals surface area contributed by atoms with Crippen LogP contribution < -0.4 is 5.32 Å². The topological polar surface area (TPSA) is 45.1 Å². The van der Waals surface area contributed by atoms with Crippen LogP contribution in [0, 0.1) is 6.92 Å². The van der Waals surface area contributed by atoms with Crippen molar-refractivity contribution in [2.45, 2.75) is 19.9 Å². The average Bonchev–Trinajstić information content (AvgIpc) is 2.34. The Balaban J connectivity index is 2.13. The van der Waals surface area contributed by atoms with Crippen molar-refractivity contribution in [1.82, 2.24) is 4.98 Å². The lowest BCUT2D eigenvalue weighted by molar-refractivity contribution is 0.475. The summed E-state index contributed by atoms with van der Waals surface area (Å²) < 4.78 is 0.866. The normalized spacial score (nSPS) is 12.2. The van der Waals surface area contributed by atoms with Gasteiger partial charge in [-0.1, -0.05) is 12.1 Å². The smallest absolute Gasteiger partial charge is 0.115 e. The molecule has 1 atom stereocenters. The van der Waals surface area contributed by atoms with Crippen molar-refractivity contribution in [1.29, 1.82) is 0 Å². The summed E-state index contributed by atoms with van der Waals surface area (Å²) in [6.45, 7) is 4.08. The molecule has 0 radical (unpaired) electrons. The van der Waals surface area contributed by atoms with Crippen LogP contribution >= 0.6 is 15.9 Å². The molecule has 0 aliphatic carbocycles. The number of aromatic hydroxyl groups is 1. The monoisotopic (exact) mass is 306 g/mol. The van der Waals surface area contributed by atoms with Crippen molar-refractivity contribution < 1.29 is 5.11 Å². The number of aromatic nitrogens is 1. The number of halogens is 1. The van der Waals surface area contributed by atoms with E-state index in [1.54, 1.807) is 18.3 Å². The minimum atomic E-state index is 0.160. The molecule has 0 saturated heterocycles. The van der Waals surface area contributed by atoms with Gasteiger partial charge in [0.05, 0.1) is 11.9 Å². The molecule has 1 aromatic carbocycles. The van der Waals surface area contributed by atoms with E-state index in [0.29, 0.717) is 0 Å². The first-order valence-electron chi connectivity index (χ1n) is 5.74. The Kier molecular flexibility index (Phi) is 3.87. The van der Waals surface area contributed by atoms with Crippen LogP contribution in [0.1, 0.15) is 24.1 Å². The average molecular weight is 307 g/mol. The fraction of sp³-hybridized carbons (Fsp3) is 0.214. The maximum Gasteiger partial charge on any atom is 0.115 e. The van der Waals surface area contributed by atoms with E-state index in [4.69, 9.17) is 0 Å². The Morgan fingerprint density at radius 2 is 1.94 bits per heavy atom. The second kappa shape index (κ2) is 5.40. The van der Waals surface area contributed by atoms with E-state index in [9.17, 15) is 5.11 Å².